The van der Waals surface area contributed by atoms with Gasteiger partial charge in [0.25, 0.3) is 0 Å². The summed E-state index contributed by atoms with van der Waals surface area (Å²) in [7, 11) is 0. The summed E-state index contributed by atoms with van der Waals surface area (Å²) >= 11 is 0. The van der Waals surface area contributed by atoms with Gasteiger partial charge in [-0.1, -0.05) is 158 Å². The summed E-state index contributed by atoms with van der Waals surface area (Å²) in [4.78, 5) is 9.11. The number of para-hydroxylation sites is 4. The number of benzene rings is 6. The summed E-state index contributed by atoms with van der Waals surface area (Å²) in [6.45, 7) is 18.3. The minimum Gasteiger partial charge on any atom is -0.350 e. The molecule has 1 radical (unpaired) electrons. The number of rotatable bonds is 8. The number of aromatic nitrogens is 4. The molecule has 0 aliphatic carbocycles. The van der Waals surface area contributed by atoms with Gasteiger partial charge in [0, 0.05) is 60.0 Å². The molecular formula is C58H55IrN4-. The predicted octanol–water partition coefficient (Wildman–Crippen LogP) is 16.0. The van der Waals surface area contributed by atoms with Crippen LogP contribution in [0.25, 0.3) is 77.5 Å². The monoisotopic (exact) mass is 1000 g/mol. The second-order valence-corrected chi connectivity index (χ2v) is 17.7. The maximum atomic E-state index is 4.57. The van der Waals surface area contributed by atoms with Crippen LogP contribution in [0.15, 0.2) is 164 Å². The number of hydrogen-bond donors (Lipinski definition) is 0. The molecular weight excluding hydrogens is 945 g/mol. The minimum atomic E-state index is 0. The Bertz CT molecular complexity index is 2920. The molecule has 6 aromatic carbocycles. The van der Waals surface area contributed by atoms with Crippen LogP contribution in [0.4, 0.5) is 0 Å². The molecule has 0 saturated carbocycles. The first kappa shape index (κ1) is 43.5. The normalized spacial score (nSPS) is 11.6. The van der Waals surface area contributed by atoms with Crippen molar-refractivity contribution < 1.29 is 20.1 Å². The standard InChI is InChI=1S/C29H28N2.C29H27N2.Ir/c2*1-19(2)22-11-9-12-23(20(3)4)29(22)31-27-14-6-5-10-24(27)25-18-21(15-16-28(25)31)26-13-7-8-17-30-26;/h5-20H,1-4H3;5-14,16-20H,1-4H3;/q;-1;. The molecule has 0 fully saturated rings. The molecule has 4 aromatic heterocycles. The van der Waals surface area contributed by atoms with Crippen LogP contribution >= 0.6 is 0 Å². The Morgan fingerprint density at radius 3 is 1.30 bits per heavy atom. The number of fused-ring (bicyclic) bond motifs is 6. The fourth-order valence-electron chi connectivity index (χ4n) is 9.27. The van der Waals surface area contributed by atoms with Crippen molar-refractivity contribution in [1.29, 1.82) is 0 Å². The number of hydrogen-bond acceptors (Lipinski definition) is 2. The van der Waals surface area contributed by atoms with Crippen molar-refractivity contribution in [2.45, 2.75) is 79.1 Å². The van der Waals surface area contributed by atoms with Gasteiger partial charge in [-0.05, 0) is 105 Å². The average Bonchev–Trinajstić information content (AvgIpc) is 3.81. The Balaban J connectivity index is 0.000000170. The summed E-state index contributed by atoms with van der Waals surface area (Å²) in [5.74, 6) is 1.75. The molecule has 0 unspecified atom stereocenters. The third-order valence-corrected chi connectivity index (χ3v) is 12.3. The molecule has 0 bridgehead atoms. The van der Waals surface area contributed by atoms with E-state index in [-0.39, 0.29) is 20.1 Å². The van der Waals surface area contributed by atoms with E-state index in [0.717, 1.165) is 22.5 Å². The van der Waals surface area contributed by atoms with Gasteiger partial charge in [0.05, 0.1) is 22.4 Å². The van der Waals surface area contributed by atoms with Gasteiger partial charge in [-0.15, -0.1) is 23.8 Å². The summed E-state index contributed by atoms with van der Waals surface area (Å²) in [6.07, 6.45) is 3.70. The molecule has 0 atom stereocenters. The van der Waals surface area contributed by atoms with Crippen molar-refractivity contribution in [3.05, 3.63) is 192 Å². The van der Waals surface area contributed by atoms with Gasteiger partial charge in [0.2, 0.25) is 0 Å². The van der Waals surface area contributed by atoms with Gasteiger partial charge in [-0.2, -0.15) is 0 Å². The Morgan fingerprint density at radius 1 is 0.397 bits per heavy atom. The topological polar surface area (TPSA) is 35.6 Å². The van der Waals surface area contributed by atoms with Crippen molar-refractivity contribution >= 4 is 43.6 Å². The molecule has 0 amide bonds. The summed E-state index contributed by atoms with van der Waals surface area (Å²) in [5, 5.41) is 5.05. The minimum absolute atomic E-state index is 0. The van der Waals surface area contributed by atoms with Gasteiger partial charge >= 0.3 is 0 Å². The predicted molar refractivity (Wildman–Crippen MR) is 263 cm³/mol. The zero-order valence-electron chi connectivity index (χ0n) is 37.5. The molecule has 4 heterocycles. The van der Waals surface area contributed by atoms with E-state index in [1.807, 2.05) is 42.7 Å². The zero-order chi connectivity index (χ0) is 43.1. The summed E-state index contributed by atoms with van der Waals surface area (Å²) in [5.41, 5.74) is 17.3. The van der Waals surface area contributed by atoms with Gasteiger partial charge in [-0.3, -0.25) is 4.98 Å². The zero-order valence-corrected chi connectivity index (χ0v) is 39.9. The van der Waals surface area contributed by atoms with Crippen molar-refractivity contribution in [1.82, 2.24) is 19.1 Å². The van der Waals surface area contributed by atoms with Gasteiger partial charge in [0.15, 0.2) is 0 Å². The van der Waals surface area contributed by atoms with E-state index in [2.05, 4.69) is 202 Å². The van der Waals surface area contributed by atoms with Crippen LogP contribution in [0.2, 0.25) is 0 Å². The molecule has 0 spiro atoms. The van der Waals surface area contributed by atoms with Crippen LogP contribution in [-0.4, -0.2) is 19.1 Å². The first-order chi connectivity index (χ1) is 30.1. The molecule has 10 aromatic rings. The molecule has 0 saturated heterocycles. The molecule has 4 nitrogen and oxygen atoms in total. The van der Waals surface area contributed by atoms with Crippen LogP contribution in [0, 0.1) is 6.07 Å². The molecule has 317 valence electrons. The molecule has 0 aliphatic heterocycles. The Labute approximate surface area is 386 Å². The summed E-state index contributed by atoms with van der Waals surface area (Å²) < 4.78 is 4.94. The maximum absolute atomic E-state index is 4.57. The van der Waals surface area contributed by atoms with E-state index >= 15 is 0 Å². The van der Waals surface area contributed by atoms with E-state index in [1.165, 1.54) is 77.2 Å². The number of nitrogens with zero attached hydrogens (tertiary/aromatic N) is 4. The van der Waals surface area contributed by atoms with Gasteiger partial charge in [0.1, 0.15) is 0 Å². The van der Waals surface area contributed by atoms with Crippen LogP contribution in [0.1, 0.15) is 101 Å². The third kappa shape index (κ3) is 8.06. The van der Waals surface area contributed by atoms with E-state index in [0.29, 0.717) is 23.7 Å². The van der Waals surface area contributed by atoms with Crippen LogP contribution in [0.5, 0.6) is 0 Å². The Hall–Kier alpha value is -6.13. The molecule has 5 heteroatoms. The molecule has 63 heavy (non-hydrogen) atoms. The van der Waals surface area contributed by atoms with Crippen molar-refractivity contribution in [3.8, 4) is 33.9 Å². The van der Waals surface area contributed by atoms with Crippen LogP contribution < -0.4 is 0 Å². The molecule has 10 rings (SSSR count). The smallest absolute Gasteiger partial charge is 0.0702 e. The largest absolute Gasteiger partial charge is 0.350 e. The van der Waals surface area contributed by atoms with E-state index in [9.17, 15) is 0 Å². The molecule has 0 N–H and O–H groups in total. The van der Waals surface area contributed by atoms with E-state index < -0.39 is 0 Å². The van der Waals surface area contributed by atoms with Crippen LogP contribution in [-0.2, 0) is 20.1 Å². The first-order valence-corrected chi connectivity index (χ1v) is 22.2. The number of pyridine rings is 2. The van der Waals surface area contributed by atoms with E-state index in [1.54, 1.807) is 0 Å². The van der Waals surface area contributed by atoms with Gasteiger partial charge in [-0.25, -0.2) is 0 Å². The van der Waals surface area contributed by atoms with Crippen molar-refractivity contribution in [2.75, 3.05) is 0 Å². The second-order valence-electron chi connectivity index (χ2n) is 17.7. The molecule has 0 aliphatic rings. The SMILES string of the molecule is CC(C)c1cccc(C(C)C)c1-n1c2c[c-]c(-c3ccccn3)cc2c2ccccc21.CC(C)c1cccc(C(C)C)c1-n1c2ccccc2c2cc(-c3ccccn3)ccc21.[Ir]. The van der Waals surface area contributed by atoms with Crippen molar-refractivity contribution in [2.24, 2.45) is 0 Å². The van der Waals surface area contributed by atoms with E-state index in [4.69, 9.17) is 0 Å². The fraction of sp³-hybridized carbons (Fsp3) is 0.207. The maximum Gasteiger partial charge on any atom is 0.0702 e. The first-order valence-electron chi connectivity index (χ1n) is 22.2. The third-order valence-electron chi connectivity index (χ3n) is 12.3. The summed E-state index contributed by atoms with van der Waals surface area (Å²) in [6, 6.07) is 57.8. The van der Waals surface area contributed by atoms with Gasteiger partial charge < -0.3 is 14.1 Å². The second kappa shape index (κ2) is 18.3. The van der Waals surface area contributed by atoms with Crippen molar-refractivity contribution in [3.63, 3.8) is 0 Å². The Morgan fingerprint density at radius 2 is 0.825 bits per heavy atom. The fourth-order valence-corrected chi connectivity index (χ4v) is 9.27. The average molecular weight is 1000 g/mol. The Kier molecular flexibility index (Phi) is 12.6. The van der Waals surface area contributed by atoms with Crippen LogP contribution in [0.3, 0.4) is 0 Å². The quantitative estimate of drug-likeness (QED) is 0.142.